The average Bonchev–Trinajstić information content (AvgIpc) is 2.35. The second kappa shape index (κ2) is 5.69. The zero-order valence-electron chi connectivity index (χ0n) is 9.76. The fourth-order valence-electron chi connectivity index (χ4n) is 1.91. The Morgan fingerprint density at radius 2 is 1.81 bits per heavy atom. The van der Waals surface area contributed by atoms with Crippen LogP contribution in [-0.4, -0.2) is 50.6 Å². The highest BCUT2D eigenvalue weighted by Gasteiger charge is 2.39. The van der Waals surface area contributed by atoms with Gasteiger partial charge in [-0.2, -0.15) is 0 Å². The molecule has 0 aliphatic carbocycles. The molecule has 6 heteroatoms. The lowest BCUT2D eigenvalue weighted by atomic mass is 10.0. The summed E-state index contributed by atoms with van der Waals surface area (Å²) in [7, 11) is 4.08. The molecule has 6 nitrogen and oxygen atoms in total. The number of hydrogen-bond acceptors (Lipinski definition) is 5. The number of piperidine rings is 1. The molecule has 0 aromatic carbocycles. The Balaban J connectivity index is 2.87. The highest BCUT2D eigenvalue weighted by Crippen LogP contribution is 2.24. The third kappa shape index (κ3) is 2.44. The minimum absolute atomic E-state index is 0.426. The van der Waals surface area contributed by atoms with Gasteiger partial charge in [0.15, 0.2) is 0 Å². The molecule has 1 fully saturated rings. The first-order valence-electron chi connectivity index (χ1n) is 5.12. The molecule has 0 aromatic rings. The number of methoxy groups -OCH3 is 3. The maximum Gasteiger partial charge on any atom is 0.412 e. The second-order valence-electron chi connectivity index (χ2n) is 3.54. The normalized spacial score (nSPS) is 25.1. The van der Waals surface area contributed by atoms with E-state index in [0.29, 0.717) is 12.8 Å². The Labute approximate surface area is 94.4 Å². The standard InChI is InChI=1S/C10H17NO5/c1-14-8-6-4-5-7(9(12)15-2)11(8)10(13)16-3/h7-8H,4-6H2,1-3H3/t7-,8?/m0/s1. The molecule has 0 bridgehead atoms. The molecular formula is C10H17NO5. The van der Waals surface area contributed by atoms with Crippen molar-refractivity contribution in [3.05, 3.63) is 0 Å². The maximum absolute atomic E-state index is 11.6. The quantitative estimate of drug-likeness (QED) is 0.656. The number of carbonyl (C=O) groups is 2. The molecule has 0 spiro atoms. The second-order valence-corrected chi connectivity index (χ2v) is 3.54. The topological polar surface area (TPSA) is 65.1 Å². The van der Waals surface area contributed by atoms with Crippen LogP contribution in [-0.2, 0) is 19.0 Å². The van der Waals surface area contributed by atoms with Crippen LogP contribution < -0.4 is 0 Å². The van der Waals surface area contributed by atoms with Gasteiger partial charge in [-0.15, -0.1) is 0 Å². The van der Waals surface area contributed by atoms with E-state index in [9.17, 15) is 9.59 Å². The Bertz CT molecular complexity index is 268. The first-order chi connectivity index (χ1) is 7.65. The molecule has 0 radical (unpaired) electrons. The van der Waals surface area contributed by atoms with E-state index in [4.69, 9.17) is 4.74 Å². The summed E-state index contributed by atoms with van der Waals surface area (Å²) in [5.41, 5.74) is 0. The minimum Gasteiger partial charge on any atom is -0.467 e. The van der Waals surface area contributed by atoms with Crippen LogP contribution in [0.2, 0.25) is 0 Å². The van der Waals surface area contributed by atoms with E-state index in [2.05, 4.69) is 9.47 Å². The van der Waals surface area contributed by atoms with E-state index in [1.807, 2.05) is 0 Å². The van der Waals surface area contributed by atoms with Gasteiger partial charge in [0.2, 0.25) is 0 Å². The summed E-state index contributed by atoms with van der Waals surface area (Å²) in [6, 6.07) is -0.615. The zero-order chi connectivity index (χ0) is 12.1. The van der Waals surface area contributed by atoms with E-state index in [1.165, 1.54) is 26.2 Å². The fourth-order valence-corrected chi connectivity index (χ4v) is 1.91. The highest BCUT2D eigenvalue weighted by molar-refractivity contribution is 5.81. The smallest absolute Gasteiger partial charge is 0.412 e. The molecule has 0 N–H and O–H groups in total. The summed E-state index contributed by atoms with van der Waals surface area (Å²) >= 11 is 0. The number of amides is 1. The number of carbonyl (C=O) groups excluding carboxylic acids is 2. The molecule has 16 heavy (non-hydrogen) atoms. The fraction of sp³-hybridized carbons (Fsp3) is 0.800. The maximum atomic E-state index is 11.6. The van der Waals surface area contributed by atoms with Gasteiger partial charge < -0.3 is 14.2 Å². The summed E-state index contributed by atoms with van der Waals surface area (Å²) < 4.78 is 14.5. The Hall–Kier alpha value is -1.30. The van der Waals surface area contributed by atoms with Crippen LogP contribution in [0, 0.1) is 0 Å². The van der Waals surface area contributed by atoms with Crippen molar-refractivity contribution in [3.63, 3.8) is 0 Å². The van der Waals surface area contributed by atoms with E-state index < -0.39 is 24.3 Å². The van der Waals surface area contributed by atoms with Crippen molar-refractivity contribution >= 4 is 12.1 Å². The predicted octanol–water partition coefficient (Wildman–Crippen LogP) is 0.753. The van der Waals surface area contributed by atoms with Gasteiger partial charge in [-0.3, -0.25) is 4.90 Å². The SMILES string of the molecule is COC(=O)[C@@H]1CCCC(OC)N1C(=O)OC. The van der Waals surface area contributed by atoms with Crippen LogP contribution in [0.25, 0.3) is 0 Å². The van der Waals surface area contributed by atoms with Gasteiger partial charge in [0.25, 0.3) is 0 Å². The monoisotopic (exact) mass is 231 g/mol. The predicted molar refractivity (Wildman–Crippen MR) is 54.7 cm³/mol. The van der Waals surface area contributed by atoms with Gasteiger partial charge in [0.1, 0.15) is 12.3 Å². The number of ether oxygens (including phenoxy) is 3. The van der Waals surface area contributed by atoms with Crippen LogP contribution in [0.1, 0.15) is 19.3 Å². The summed E-state index contributed by atoms with van der Waals surface area (Å²) in [5.74, 6) is -0.438. The number of esters is 1. The number of likely N-dealkylation sites (tertiary alicyclic amines) is 1. The summed E-state index contributed by atoms with van der Waals surface area (Å²) in [6.07, 6.45) is 1.08. The molecule has 1 unspecified atom stereocenters. The zero-order valence-corrected chi connectivity index (χ0v) is 9.76. The van der Waals surface area contributed by atoms with Crippen molar-refractivity contribution in [2.45, 2.75) is 31.5 Å². The molecule has 1 rings (SSSR count). The van der Waals surface area contributed by atoms with E-state index in [0.717, 1.165) is 6.42 Å². The molecule has 1 heterocycles. The molecule has 2 atom stereocenters. The van der Waals surface area contributed by atoms with Gasteiger partial charge in [-0.25, -0.2) is 9.59 Å². The van der Waals surface area contributed by atoms with Crippen molar-refractivity contribution in [1.29, 1.82) is 0 Å². The summed E-state index contributed by atoms with van der Waals surface area (Å²) in [4.78, 5) is 24.4. The molecule has 1 aliphatic rings. The number of hydrogen-bond donors (Lipinski definition) is 0. The molecule has 1 amide bonds. The van der Waals surface area contributed by atoms with Crippen LogP contribution >= 0.6 is 0 Å². The van der Waals surface area contributed by atoms with Crippen LogP contribution in [0.5, 0.6) is 0 Å². The van der Waals surface area contributed by atoms with Crippen LogP contribution in [0.4, 0.5) is 4.79 Å². The van der Waals surface area contributed by atoms with E-state index in [1.54, 1.807) is 0 Å². The highest BCUT2D eigenvalue weighted by atomic mass is 16.6. The van der Waals surface area contributed by atoms with Crippen molar-refractivity contribution in [1.82, 2.24) is 4.90 Å². The molecule has 0 aromatic heterocycles. The number of rotatable bonds is 2. The van der Waals surface area contributed by atoms with Gasteiger partial charge in [-0.1, -0.05) is 0 Å². The van der Waals surface area contributed by atoms with Crippen LogP contribution in [0.3, 0.4) is 0 Å². The van der Waals surface area contributed by atoms with Gasteiger partial charge >= 0.3 is 12.1 Å². The molecule has 1 aliphatic heterocycles. The molecule has 1 saturated heterocycles. The van der Waals surface area contributed by atoms with Crippen molar-refractivity contribution in [2.24, 2.45) is 0 Å². The lowest BCUT2D eigenvalue weighted by Gasteiger charge is -2.38. The summed E-state index contributed by atoms with van der Waals surface area (Å²) in [6.45, 7) is 0. The Morgan fingerprint density at radius 1 is 1.12 bits per heavy atom. The lowest BCUT2D eigenvalue weighted by molar-refractivity contribution is -0.155. The molecular weight excluding hydrogens is 214 g/mol. The van der Waals surface area contributed by atoms with Gasteiger partial charge in [0.05, 0.1) is 14.2 Å². The van der Waals surface area contributed by atoms with E-state index >= 15 is 0 Å². The van der Waals surface area contributed by atoms with Crippen molar-refractivity contribution in [2.75, 3.05) is 21.3 Å². The largest absolute Gasteiger partial charge is 0.467 e. The van der Waals surface area contributed by atoms with Gasteiger partial charge in [-0.05, 0) is 19.3 Å². The number of nitrogens with zero attached hydrogens (tertiary/aromatic N) is 1. The van der Waals surface area contributed by atoms with E-state index in [-0.39, 0.29) is 0 Å². The summed E-state index contributed by atoms with van der Waals surface area (Å²) in [5, 5.41) is 0. The Kier molecular flexibility index (Phi) is 4.54. The minimum atomic E-state index is -0.615. The lowest BCUT2D eigenvalue weighted by Crippen LogP contribution is -2.54. The first-order valence-corrected chi connectivity index (χ1v) is 5.12. The Morgan fingerprint density at radius 3 is 2.31 bits per heavy atom. The van der Waals surface area contributed by atoms with Gasteiger partial charge in [0, 0.05) is 7.11 Å². The van der Waals surface area contributed by atoms with Crippen molar-refractivity contribution < 1.29 is 23.8 Å². The first kappa shape index (κ1) is 12.8. The average molecular weight is 231 g/mol. The molecule has 92 valence electrons. The third-order valence-corrected chi connectivity index (χ3v) is 2.71. The molecule has 0 saturated carbocycles. The van der Waals surface area contributed by atoms with Crippen molar-refractivity contribution in [3.8, 4) is 0 Å². The van der Waals surface area contributed by atoms with Crippen LogP contribution in [0.15, 0.2) is 0 Å². The third-order valence-electron chi connectivity index (χ3n) is 2.71.